The molecule has 1 rings (SSSR count). The lowest BCUT2D eigenvalue weighted by atomic mass is 9.72. The van der Waals surface area contributed by atoms with Gasteiger partial charge in [0.1, 0.15) is 0 Å². The second-order valence-corrected chi connectivity index (χ2v) is 4.61. The van der Waals surface area contributed by atoms with E-state index in [1.54, 1.807) is 0 Å². The maximum atomic E-state index is 12.6. The van der Waals surface area contributed by atoms with Crippen molar-refractivity contribution < 1.29 is 31.4 Å². The van der Waals surface area contributed by atoms with E-state index in [0.29, 0.717) is 0 Å². The lowest BCUT2D eigenvalue weighted by Gasteiger charge is -2.41. The molecule has 0 radical (unpaired) electrons. The van der Waals surface area contributed by atoms with Crippen molar-refractivity contribution in [1.29, 1.82) is 0 Å². The third-order valence-corrected chi connectivity index (χ3v) is 3.56. The summed E-state index contributed by atoms with van der Waals surface area (Å²) in [6, 6.07) is 0. The summed E-state index contributed by atoms with van der Waals surface area (Å²) in [7, 11) is 0. The fraction of sp³-hybridized carbons (Fsp3) is 0.818. The van der Waals surface area contributed by atoms with Crippen molar-refractivity contribution in [1.82, 2.24) is 0 Å². The highest BCUT2D eigenvalue weighted by Gasteiger charge is 2.73. The van der Waals surface area contributed by atoms with Gasteiger partial charge in [-0.1, -0.05) is 6.08 Å². The van der Waals surface area contributed by atoms with Gasteiger partial charge in [-0.3, -0.25) is 0 Å². The zero-order valence-electron chi connectivity index (χ0n) is 9.48. The number of aliphatic hydroxyl groups is 1. The summed E-state index contributed by atoms with van der Waals surface area (Å²) in [5.74, 6) is -1.92. The van der Waals surface area contributed by atoms with Gasteiger partial charge in [0.25, 0.3) is 5.60 Å². The first-order chi connectivity index (χ1) is 8.04. The minimum atomic E-state index is -5.71. The Morgan fingerprint density at radius 1 is 0.889 bits per heavy atom. The third kappa shape index (κ3) is 2.50. The van der Waals surface area contributed by atoms with E-state index >= 15 is 0 Å². The SMILES string of the molecule is C=CC1CCC(C(O)(C(F)(F)F)C(F)(F)F)CC1. The van der Waals surface area contributed by atoms with Crippen LogP contribution in [0.15, 0.2) is 12.7 Å². The van der Waals surface area contributed by atoms with Crippen LogP contribution in [0.2, 0.25) is 0 Å². The molecule has 1 nitrogen and oxygen atoms in total. The minimum absolute atomic E-state index is 0.0769. The van der Waals surface area contributed by atoms with Crippen molar-refractivity contribution in [3.05, 3.63) is 12.7 Å². The van der Waals surface area contributed by atoms with Crippen molar-refractivity contribution in [2.24, 2.45) is 11.8 Å². The number of allylic oxidation sites excluding steroid dienone is 1. The molecule has 0 unspecified atom stereocenters. The Kier molecular flexibility index (Phi) is 4.05. The van der Waals surface area contributed by atoms with Gasteiger partial charge in [0.15, 0.2) is 0 Å². The van der Waals surface area contributed by atoms with Crippen molar-refractivity contribution in [3.8, 4) is 0 Å². The van der Waals surface area contributed by atoms with Crippen LogP contribution >= 0.6 is 0 Å². The summed E-state index contributed by atoms with van der Waals surface area (Å²) >= 11 is 0. The van der Waals surface area contributed by atoms with E-state index in [2.05, 4.69) is 6.58 Å². The molecule has 1 fully saturated rings. The van der Waals surface area contributed by atoms with Gasteiger partial charge in [-0.25, -0.2) is 0 Å². The highest BCUT2D eigenvalue weighted by molar-refractivity contribution is 5.01. The van der Waals surface area contributed by atoms with Crippen molar-refractivity contribution in [2.75, 3.05) is 0 Å². The number of halogens is 6. The standard InChI is InChI=1S/C11H14F6O/c1-2-7-3-5-8(6-4-7)9(18,10(12,13)14)11(15,16)17/h2,7-8,18H,1,3-6H2. The van der Waals surface area contributed by atoms with Gasteiger partial charge in [-0.2, -0.15) is 26.3 Å². The Morgan fingerprint density at radius 2 is 1.28 bits per heavy atom. The summed E-state index contributed by atoms with van der Waals surface area (Å²) in [6.07, 6.45) is -10.2. The molecule has 0 aromatic carbocycles. The Labute approximate surface area is 100 Å². The Balaban J connectivity index is 2.97. The molecule has 0 saturated heterocycles. The van der Waals surface area contributed by atoms with Crippen molar-refractivity contribution in [3.63, 3.8) is 0 Å². The van der Waals surface area contributed by atoms with E-state index < -0.39 is 23.9 Å². The summed E-state index contributed by atoms with van der Waals surface area (Å²) < 4.78 is 75.4. The Morgan fingerprint density at radius 3 is 1.56 bits per heavy atom. The van der Waals surface area contributed by atoms with E-state index in [1.807, 2.05) is 0 Å². The summed E-state index contributed by atoms with van der Waals surface area (Å²) in [6.45, 7) is 3.46. The van der Waals surface area contributed by atoms with Gasteiger partial charge >= 0.3 is 12.4 Å². The highest BCUT2D eigenvalue weighted by Crippen LogP contribution is 2.52. The van der Waals surface area contributed by atoms with Gasteiger partial charge in [-0.05, 0) is 31.6 Å². The van der Waals surface area contributed by atoms with Crippen LogP contribution in [-0.4, -0.2) is 23.1 Å². The monoisotopic (exact) mass is 276 g/mol. The van der Waals surface area contributed by atoms with Crippen LogP contribution in [0.4, 0.5) is 26.3 Å². The van der Waals surface area contributed by atoms with E-state index in [0.717, 1.165) is 0 Å². The van der Waals surface area contributed by atoms with Gasteiger partial charge in [0.2, 0.25) is 0 Å². The number of rotatable bonds is 2. The van der Waals surface area contributed by atoms with E-state index in [9.17, 15) is 31.4 Å². The summed E-state index contributed by atoms with van der Waals surface area (Å²) in [5, 5.41) is 9.19. The second-order valence-electron chi connectivity index (χ2n) is 4.61. The quantitative estimate of drug-likeness (QED) is 0.600. The highest BCUT2D eigenvalue weighted by atomic mass is 19.4. The molecule has 1 aliphatic rings. The zero-order valence-corrected chi connectivity index (χ0v) is 9.48. The van der Waals surface area contributed by atoms with Crippen LogP contribution < -0.4 is 0 Å². The first-order valence-electron chi connectivity index (χ1n) is 5.52. The molecule has 0 aromatic rings. The minimum Gasteiger partial charge on any atom is -0.373 e. The molecule has 1 saturated carbocycles. The fourth-order valence-electron chi connectivity index (χ4n) is 2.40. The first-order valence-corrected chi connectivity index (χ1v) is 5.52. The lowest BCUT2D eigenvalue weighted by Crippen LogP contribution is -2.62. The van der Waals surface area contributed by atoms with Gasteiger partial charge in [0, 0.05) is 5.92 Å². The van der Waals surface area contributed by atoms with Crippen LogP contribution in [0.1, 0.15) is 25.7 Å². The van der Waals surface area contributed by atoms with Crippen LogP contribution in [0.25, 0.3) is 0 Å². The average Bonchev–Trinajstić information content (AvgIpc) is 2.25. The first kappa shape index (κ1) is 15.3. The van der Waals surface area contributed by atoms with Gasteiger partial charge in [-0.15, -0.1) is 6.58 Å². The molecule has 1 aliphatic carbocycles. The predicted octanol–water partition coefficient (Wildman–Crippen LogP) is 3.83. The maximum absolute atomic E-state index is 12.6. The molecule has 0 amide bonds. The van der Waals surface area contributed by atoms with Gasteiger partial charge < -0.3 is 5.11 Å². The number of alkyl halides is 6. The molecular formula is C11H14F6O. The second kappa shape index (κ2) is 4.75. The molecule has 0 aliphatic heterocycles. The molecule has 0 atom stereocenters. The molecule has 18 heavy (non-hydrogen) atoms. The van der Waals surface area contributed by atoms with Crippen molar-refractivity contribution in [2.45, 2.75) is 43.6 Å². The smallest absolute Gasteiger partial charge is 0.373 e. The maximum Gasteiger partial charge on any atom is 0.426 e. The summed E-state index contributed by atoms with van der Waals surface area (Å²) in [5.41, 5.74) is -4.61. The van der Waals surface area contributed by atoms with Crippen molar-refractivity contribution >= 4 is 0 Å². The summed E-state index contributed by atoms with van der Waals surface area (Å²) in [4.78, 5) is 0. The molecule has 0 spiro atoms. The average molecular weight is 276 g/mol. The van der Waals surface area contributed by atoms with Crippen LogP contribution in [0.3, 0.4) is 0 Å². The number of hydrogen-bond acceptors (Lipinski definition) is 1. The number of hydrogen-bond donors (Lipinski definition) is 1. The third-order valence-electron chi connectivity index (χ3n) is 3.56. The molecule has 0 bridgehead atoms. The molecule has 7 heteroatoms. The molecule has 106 valence electrons. The zero-order chi connectivity index (χ0) is 14.2. The van der Waals surface area contributed by atoms with E-state index in [1.165, 1.54) is 6.08 Å². The Hall–Kier alpha value is -0.720. The van der Waals surface area contributed by atoms with E-state index in [4.69, 9.17) is 0 Å². The van der Waals surface area contributed by atoms with Crippen LogP contribution in [-0.2, 0) is 0 Å². The Bertz CT molecular complexity index is 284. The molecule has 0 aromatic heterocycles. The normalized spacial score (nSPS) is 27.1. The predicted molar refractivity (Wildman–Crippen MR) is 52.7 cm³/mol. The molecular weight excluding hydrogens is 262 g/mol. The van der Waals surface area contributed by atoms with Crippen LogP contribution in [0.5, 0.6) is 0 Å². The van der Waals surface area contributed by atoms with E-state index in [-0.39, 0.29) is 31.6 Å². The fourth-order valence-corrected chi connectivity index (χ4v) is 2.40. The topological polar surface area (TPSA) is 20.2 Å². The molecule has 1 N–H and O–H groups in total. The van der Waals surface area contributed by atoms with Crippen LogP contribution in [0, 0.1) is 11.8 Å². The van der Waals surface area contributed by atoms with Gasteiger partial charge in [0.05, 0.1) is 0 Å². The lowest BCUT2D eigenvalue weighted by molar-refractivity contribution is -0.387. The molecule has 0 heterocycles. The largest absolute Gasteiger partial charge is 0.426 e.